The predicted octanol–water partition coefficient (Wildman–Crippen LogP) is 3.66. The number of halogens is 1. The normalized spacial score (nSPS) is 10.8. The monoisotopic (exact) mass is 451 g/mol. The number of aromatic nitrogens is 1. The van der Waals surface area contributed by atoms with Gasteiger partial charge < -0.3 is 15.2 Å². The Labute approximate surface area is 192 Å². The van der Waals surface area contributed by atoms with Crippen LogP contribution in [0.25, 0.3) is 0 Å². The molecule has 166 valence electrons. The molecule has 32 heavy (non-hydrogen) atoms. The van der Waals surface area contributed by atoms with Crippen molar-refractivity contribution < 1.29 is 9.59 Å². The largest absolute Gasteiger partial charge is 0.352 e. The highest BCUT2D eigenvalue weighted by molar-refractivity contribution is 6.31. The maximum Gasteiger partial charge on any atom is 0.256 e. The summed E-state index contributed by atoms with van der Waals surface area (Å²) in [5, 5.41) is 6.12. The number of amides is 2. The molecule has 0 aliphatic carbocycles. The molecular weight excluding hydrogens is 426 g/mol. The fourth-order valence-corrected chi connectivity index (χ4v) is 3.52. The molecule has 0 aliphatic heterocycles. The van der Waals surface area contributed by atoms with E-state index in [9.17, 15) is 14.4 Å². The first-order chi connectivity index (χ1) is 15.3. The van der Waals surface area contributed by atoms with E-state index < -0.39 is 17.2 Å². The minimum absolute atomic E-state index is 0.0617. The lowest BCUT2D eigenvalue weighted by molar-refractivity contribution is 0.0941. The highest BCUT2D eigenvalue weighted by atomic mass is 35.5. The third-order valence-corrected chi connectivity index (χ3v) is 5.20. The van der Waals surface area contributed by atoms with E-state index in [-0.39, 0.29) is 17.2 Å². The summed E-state index contributed by atoms with van der Waals surface area (Å²) in [6.45, 7) is 4.35. The Morgan fingerprint density at radius 2 is 1.56 bits per heavy atom. The second kappa shape index (κ2) is 10.8. The quantitative estimate of drug-likeness (QED) is 0.548. The van der Waals surface area contributed by atoms with E-state index in [2.05, 4.69) is 10.6 Å². The van der Waals surface area contributed by atoms with Gasteiger partial charge in [-0.05, 0) is 37.5 Å². The molecule has 2 aromatic carbocycles. The summed E-state index contributed by atoms with van der Waals surface area (Å²) in [4.78, 5) is 38.4. The van der Waals surface area contributed by atoms with Crippen LogP contribution in [-0.4, -0.2) is 29.0 Å². The summed E-state index contributed by atoms with van der Waals surface area (Å²) in [6, 6.07) is 16.9. The smallest absolute Gasteiger partial charge is 0.256 e. The molecule has 0 radical (unpaired) electrons. The van der Waals surface area contributed by atoms with Crippen molar-refractivity contribution in [3.8, 4) is 0 Å². The highest BCUT2D eigenvalue weighted by Crippen LogP contribution is 2.15. The van der Waals surface area contributed by atoms with Crippen LogP contribution in [0.1, 0.15) is 45.7 Å². The summed E-state index contributed by atoms with van der Waals surface area (Å²) in [6.07, 6.45) is 3.51. The molecule has 0 saturated carbocycles. The maximum atomic E-state index is 13.0. The minimum atomic E-state index is -0.595. The second-order valence-electron chi connectivity index (χ2n) is 7.80. The third-order valence-electron chi connectivity index (χ3n) is 4.83. The van der Waals surface area contributed by atoms with Gasteiger partial charge in [0.05, 0.1) is 0 Å². The topological polar surface area (TPSA) is 80.2 Å². The van der Waals surface area contributed by atoms with Gasteiger partial charge in [0.1, 0.15) is 11.1 Å². The Kier molecular flexibility index (Phi) is 7.84. The zero-order valence-corrected chi connectivity index (χ0v) is 18.9. The zero-order valence-electron chi connectivity index (χ0n) is 18.1. The fraction of sp³-hybridized carbons (Fsp3) is 0.240. The van der Waals surface area contributed by atoms with Crippen LogP contribution in [0.3, 0.4) is 0 Å². The van der Waals surface area contributed by atoms with E-state index in [1.807, 2.05) is 62.4 Å². The lowest BCUT2D eigenvalue weighted by atomic mass is 10.1. The number of benzene rings is 2. The van der Waals surface area contributed by atoms with E-state index in [1.54, 1.807) is 10.6 Å². The van der Waals surface area contributed by atoms with E-state index in [4.69, 9.17) is 11.6 Å². The average molecular weight is 452 g/mol. The predicted molar refractivity (Wildman–Crippen MR) is 126 cm³/mol. The number of carbonyl (C=O) groups is 2. The van der Waals surface area contributed by atoms with Gasteiger partial charge in [-0.15, -0.1) is 0 Å². The molecule has 0 unspecified atom stereocenters. The van der Waals surface area contributed by atoms with E-state index in [0.717, 1.165) is 11.1 Å². The Morgan fingerprint density at radius 3 is 2.22 bits per heavy atom. The first-order valence-electron chi connectivity index (χ1n) is 10.5. The van der Waals surface area contributed by atoms with Crippen molar-refractivity contribution in [1.82, 2.24) is 15.2 Å². The zero-order chi connectivity index (χ0) is 23.1. The van der Waals surface area contributed by atoms with Crippen molar-refractivity contribution in [3.63, 3.8) is 0 Å². The molecular formula is C25H26ClN3O3. The van der Waals surface area contributed by atoms with Crippen LogP contribution < -0.4 is 16.1 Å². The van der Waals surface area contributed by atoms with Crippen molar-refractivity contribution in [2.75, 3.05) is 6.54 Å². The summed E-state index contributed by atoms with van der Waals surface area (Å²) in [7, 11) is 0. The van der Waals surface area contributed by atoms with Gasteiger partial charge in [-0.25, -0.2) is 0 Å². The van der Waals surface area contributed by atoms with E-state index in [1.165, 1.54) is 12.4 Å². The third kappa shape index (κ3) is 6.08. The van der Waals surface area contributed by atoms with Gasteiger partial charge in [-0.2, -0.15) is 0 Å². The Bertz CT molecular complexity index is 1160. The molecule has 2 N–H and O–H groups in total. The summed E-state index contributed by atoms with van der Waals surface area (Å²) < 4.78 is 1.69. The van der Waals surface area contributed by atoms with Gasteiger partial charge in [-0.1, -0.05) is 60.1 Å². The molecule has 0 aliphatic rings. The van der Waals surface area contributed by atoms with Crippen molar-refractivity contribution in [2.24, 2.45) is 0 Å². The summed E-state index contributed by atoms with van der Waals surface area (Å²) >= 11 is 6.17. The van der Waals surface area contributed by atoms with Crippen LogP contribution in [0.2, 0.25) is 5.02 Å². The molecule has 1 heterocycles. The number of hydrogen-bond acceptors (Lipinski definition) is 3. The number of nitrogens with zero attached hydrogens (tertiary/aromatic N) is 1. The fourth-order valence-electron chi connectivity index (χ4n) is 3.29. The van der Waals surface area contributed by atoms with Gasteiger partial charge in [-0.3, -0.25) is 14.4 Å². The molecule has 3 aromatic rings. The summed E-state index contributed by atoms with van der Waals surface area (Å²) in [5.74, 6) is -1.03. The Hall–Kier alpha value is -3.38. The molecule has 0 bridgehead atoms. The highest BCUT2D eigenvalue weighted by Gasteiger charge is 2.20. The number of rotatable bonds is 8. The molecule has 0 spiro atoms. The van der Waals surface area contributed by atoms with Crippen molar-refractivity contribution in [1.29, 1.82) is 0 Å². The van der Waals surface area contributed by atoms with Gasteiger partial charge in [0.25, 0.3) is 11.8 Å². The van der Waals surface area contributed by atoms with E-state index >= 15 is 0 Å². The molecule has 0 atom stereocenters. The first-order valence-corrected chi connectivity index (χ1v) is 10.8. The van der Waals surface area contributed by atoms with Crippen LogP contribution >= 0.6 is 11.6 Å². The van der Waals surface area contributed by atoms with Gasteiger partial charge in [0.15, 0.2) is 0 Å². The number of carbonyl (C=O) groups excluding carboxylic acids is 2. The lowest BCUT2D eigenvalue weighted by Crippen LogP contribution is -2.38. The second-order valence-corrected chi connectivity index (χ2v) is 8.21. The number of hydrogen-bond donors (Lipinski definition) is 2. The van der Waals surface area contributed by atoms with E-state index in [0.29, 0.717) is 24.5 Å². The van der Waals surface area contributed by atoms with Gasteiger partial charge >= 0.3 is 0 Å². The Balaban J connectivity index is 1.86. The van der Waals surface area contributed by atoms with Crippen LogP contribution in [0.5, 0.6) is 0 Å². The molecule has 3 rings (SSSR count). The number of pyridine rings is 1. The average Bonchev–Trinajstić information content (AvgIpc) is 2.76. The maximum absolute atomic E-state index is 13.0. The van der Waals surface area contributed by atoms with Crippen molar-refractivity contribution in [2.45, 2.75) is 32.9 Å². The lowest BCUT2D eigenvalue weighted by Gasteiger charge is -2.14. The van der Waals surface area contributed by atoms with Crippen LogP contribution in [0.15, 0.2) is 71.8 Å². The SMILES string of the molecule is CC(C)NC(=O)c1cn(Cc2ccccc2)cc(C(=O)NCCc2ccccc2Cl)c1=O. The molecule has 0 saturated heterocycles. The standard InChI is InChI=1S/C25H26ClN3O3/c1-17(2)28-25(32)21-16-29(14-18-8-4-3-5-9-18)15-20(23(21)30)24(31)27-13-12-19-10-6-7-11-22(19)26/h3-11,15-17H,12-14H2,1-2H3,(H,27,31)(H,28,32). The number of nitrogens with one attached hydrogen (secondary N) is 2. The van der Waals surface area contributed by atoms with Crippen molar-refractivity contribution in [3.05, 3.63) is 104 Å². The molecule has 7 heteroatoms. The van der Waals surface area contributed by atoms with Gasteiger partial charge in [0, 0.05) is 36.5 Å². The molecule has 6 nitrogen and oxygen atoms in total. The summed E-state index contributed by atoms with van der Waals surface area (Å²) in [5.41, 5.74) is 1.16. The van der Waals surface area contributed by atoms with Crippen molar-refractivity contribution >= 4 is 23.4 Å². The van der Waals surface area contributed by atoms with Gasteiger partial charge in [0.2, 0.25) is 5.43 Å². The minimum Gasteiger partial charge on any atom is -0.352 e. The molecule has 2 amide bonds. The Morgan fingerprint density at radius 1 is 0.938 bits per heavy atom. The molecule has 1 aromatic heterocycles. The van der Waals surface area contributed by atoms with Crippen LogP contribution in [-0.2, 0) is 13.0 Å². The van der Waals surface area contributed by atoms with Crippen LogP contribution in [0.4, 0.5) is 0 Å². The molecule has 0 fully saturated rings. The van der Waals surface area contributed by atoms with Crippen LogP contribution in [0, 0.1) is 0 Å². The first kappa shape index (κ1) is 23.3.